The van der Waals surface area contributed by atoms with Gasteiger partial charge in [-0.2, -0.15) is 0 Å². The van der Waals surface area contributed by atoms with Crippen LogP contribution < -0.4 is 0 Å². The van der Waals surface area contributed by atoms with Crippen molar-refractivity contribution in [1.29, 1.82) is 0 Å². The molecule has 0 radical (unpaired) electrons. The van der Waals surface area contributed by atoms with Crippen molar-refractivity contribution in [3.05, 3.63) is 64.4 Å². The van der Waals surface area contributed by atoms with E-state index >= 15 is 0 Å². The summed E-state index contributed by atoms with van der Waals surface area (Å²) in [6.07, 6.45) is 11.2. The first-order valence-corrected chi connectivity index (χ1v) is 11.9. The highest BCUT2D eigenvalue weighted by molar-refractivity contribution is 7.10. The Hall–Kier alpha value is -1.91. The zero-order valence-corrected chi connectivity index (χ0v) is 17.9. The molecule has 1 aliphatic carbocycles. The Balaban J connectivity index is 1.24. The van der Waals surface area contributed by atoms with Crippen molar-refractivity contribution in [3.63, 3.8) is 0 Å². The second-order valence-electron chi connectivity index (χ2n) is 9.10. The van der Waals surface area contributed by atoms with E-state index in [1.807, 2.05) is 47.7 Å². The maximum atomic E-state index is 12.8. The molecule has 0 unspecified atom stereocenters. The highest BCUT2D eigenvalue weighted by Gasteiger charge is 2.50. The van der Waals surface area contributed by atoms with Crippen LogP contribution in [0.5, 0.6) is 0 Å². The van der Waals surface area contributed by atoms with Gasteiger partial charge in [-0.1, -0.05) is 36.4 Å². The number of amides is 1. The van der Waals surface area contributed by atoms with Crippen LogP contribution in [0.2, 0.25) is 0 Å². The highest BCUT2D eigenvalue weighted by atomic mass is 32.1. The first-order chi connectivity index (χ1) is 14.2. The van der Waals surface area contributed by atoms with Crippen molar-refractivity contribution in [2.75, 3.05) is 26.2 Å². The quantitative estimate of drug-likeness (QED) is 0.655. The number of hydrogen-bond acceptors (Lipinski definition) is 3. The molecule has 5 rings (SSSR count). The summed E-state index contributed by atoms with van der Waals surface area (Å²) in [5.41, 5.74) is 1.69. The number of carbonyl (C=O) groups excluding carboxylic acids is 1. The molecule has 3 fully saturated rings. The fraction of sp³-hybridized carbons (Fsp3) is 0.480. The van der Waals surface area contributed by atoms with Gasteiger partial charge < -0.3 is 4.90 Å². The Morgan fingerprint density at radius 2 is 1.72 bits per heavy atom. The van der Waals surface area contributed by atoms with Crippen molar-refractivity contribution in [3.8, 4) is 0 Å². The molecule has 0 N–H and O–H groups in total. The van der Waals surface area contributed by atoms with Gasteiger partial charge in [0.2, 0.25) is 5.91 Å². The number of hydrogen-bond donors (Lipinski definition) is 0. The van der Waals surface area contributed by atoms with Crippen LogP contribution in [0.15, 0.2) is 53.9 Å². The molecule has 0 bridgehead atoms. The molecule has 2 aliphatic heterocycles. The maximum Gasteiger partial charge on any atom is 0.246 e. The summed E-state index contributed by atoms with van der Waals surface area (Å²) >= 11 is 1.93. The van der Waals surface area contributed by atoms with E-state index in [0.717, 1.165) is 18.7 Å². The number of carbonyl (C=O) groups is 1. The third-order valence-electron chi connectivity index (χ3n) is 7.55. The Morgan fingerprint density at radius 3 is 2.38 bits per heavy atom. The monoisotopic (exact) mass is 406 g/mol. The van der Waals surface area contributed by atoms with Gasteiger partial charge in [-0.15, -0.1) is 11.3 Å². The molecule has 1 amide bonds. The molecule has 152 valence electrons. The molecular formula is C25H30N2OS. The molecular weight excluding hydrogens is 376 g/mol. The first-order valence-electron chi connectivity index (χ1n) is 11.0. The molecule has 1 saturated carbocycles. The number of nitrogens with zero attached hydrogens (tertiary/aromatic N) is 2. The van der Waals surface area contributed by atoms with Gasteiger partial charge >= 0.3 is 0 Å². The lowest BCUT2D eigenvalue weighted by atomic mass is 9.65. The third-order valence-corrected chi connectivity index (χ3v) is 8.61. The van der Waals surface area contributed by atoms with Gasteiger partial charge in [0, 0.05) is 37.1 Å². The SMILES string of the molecule is O=C(C=Cc1ccccc1)N1CCC2(CCC(c3cccs3)(N3CCC3)CC2)C1. The highest BCUT2D eigenvalue weighted by Crippen LogP contribution is 2.54. The largest absolute Gasteiger partial charge is 0.339 e. The normalized spacial score (nSPS) is 30.1. The molecule has 2 saturated heterocycles. The lowest BCUT2D eigenvalue weighted by molar-refractivity contribution is -0.125. The van der Waals surface area contributed by atoms with Crippen LogP contribution in [-0.2, 0) is 10.3 Å². The van der Waals surface area contributed by atoms with Crippen molar-refractivity contribution in [1.82, 2.24) is 9.80 Å². The second-order valence-corrected chi connectivity index (χ2v) is 10.1. The van der Waals surface area contributed by atoms with Gasteiger partial charge in [0.05, 0.1) is 5.54 Å². The van der Waals surface area contributed by atoms with Crippen LogP contribution in [0.3, 0.4) is 0 Å². The van der Waals surface area contributed by atoms with Crippen molar-refractivity contribution in [2.24, 2.45) is 5.41 Å². The molecule has 3 heterocycles. The minimum atomic E-state index is 0.170. The van der Waals surface area contributed by atoms with Gasteiger partial charge in [0.25, 0.3) is 0 Å². The minimum absolute atomic E-state index is 0.170. The topological polar surface area (TPSA) is 23.6 Å². The summed E-state index contributed by atoms with van der Waals surface area (Å²) in [7, 11) is 0. The molecule has 1 aromatic carbocycles. The zero-order chi connectivity index (χ0) is 19.7. The summed E-state index contributed by atoms with van der Waals surface area (Å²) in [6, 6.07) is 14.7. The van der Waals surface area contributed by atoms with E-state index in [1.165, 1.54) is 51.6 Å². The van der Waals surface area contributed by atoms with Crippen LogP contribution in [0.1, 0.15) is 49.0 Å². The van der Waals surface area contributed by atoms with E-state index in [-0.39, 0.29) is 11.4 Å². The Kier molecular flexibility index (Phi) is 5.09. The van der Waals surface area contributed by atoms with E-state index in [4.69, 9.17) is 0 Å². The lowest BCUT2D eigenvalue weighted by Gasteiger charge is -2.54. The predicted octanol–water partition coefficient (Wildman–Crippen LogP) is 5.16. The maximum absolute atomic E-state index is 12.8. The molecule has 0 atom stereocenters. The fourth-order valence-corrected chi connectivity index (χ4v) is 6.58. The van der Waals surface area contributed by atoms with Crippen LogP contribution in [0.25, 0.3) is 6.08 Å². The molecule has 3 nitrogen and oxygen atoms in total. The van der Waals surface area contributed by atoms with Crippen LogP contribution in [0.4, 0.5) is 0 Å². The van der Waals surface area contributed by atoms with E-state index in [0.29, 0.717) is 5.41 Å². The molecule has 1 spiro atoms. The predicted molar refractivity (Wildman–Crippen MR) is 120 cm³/mol. The average molecular weight is 407 g/mol. The van der Waals surface area contributed by atoms with E-state index in [2.05, 4.69) is 27.3 Å². The fourth-order valence-electron chi connectivity index (χ4n) is 5.57. The number of likely N-dealkylation sites (tertiary alicyclic amines) is 2. The number of thiophene rings is 1. The van der Waals surface area contributed by atoms with Crippen molar-refractivity contribution >= 4 is 23.3 Å². The van der Waals surface area contributed by atoms with Crippen molar-refractivity contribution in [2.45, 2.75) is 44.1 Å². The van der Waals surface area contributed by atoms with Gasteiger partial charge in [0.1, 0.15) is 0 Å². The summed E-state index contributed by atoms with van der Waals surface area (Å²) in [6.45, 7) is 4.35. The molecule has 29 heavy (non-hydrogen) atoms. The summed E-state index contributed by atoms with van der Waals surface area (Å²) < 4.78 is 0. The van der Waals surface area contributed by atoms with E-state index in [1.54, 1.807) is 11.0 Å². The van der Waals surface area contributed by atoms with Crippen LogP contribution >= 0.6 is 11.3 Å². The third kappa shape index (κ3) is 3.57. The van der Waals surface area contributed by atoms with Gasteiger partial charge in [-0.25, -0.2) is 0 Å². The van der Waals surface area contributed by atoms with Crippen LogP contribution in [0, 0.1) is 5.41 Å². The Bertz CT molecular complexity index is 861. The molecule has 1 aromatic heterocycles. The lowest BCUT2D eigenvalue weighted by Crippen LogP contribution is -2.55. The standard InChI is InChI=1S/C25H30N2OS/c28-23(10-9-21-6-2-1-3-7-21)26-18-15-24(20-26)11-13-25(14-12-24,27-16-5-17-27)22-8-4-19-29-22/h1-4,6-10,19H,5,11-18,20H2. The van der Waals surface area contributed by atoms with Gasteiger partial charge in [-0.3, -0.25) is 9.69 Å². The molecule has 4 heteroatoms. The Labute approximate surface area is 178 Å². The van der Waals surface area contributed by atoms with E-state index < -0.39 is 0 Å². The average Bonchev–Trinajstić information content (AvgIpc) is 3.39. The smallest absolute Gasteiger partial charge is 0.246 e. The summed E-state index contributed by atoms with van der Waals surface area (Å²) in [5, 5.41) is 2.23. The second kappa shape index (κ2) is 7.73. The zero-order valence-electron chi connectivity index (χ0n) is 17.1. The number of rotatable bonds is 4. The molecule has 3 aliphatic rings. The van der Waals surface area contributed by atoms with Crippen LogP contribution in [-0.4, -0.2) is 41.9 Å². The van der Waals surface area contributed by atoms with Gasteiger partial charge in [0.15, 0.2) is 0 Å². The minimum Gasteiger partial charge on any atom is -0.339 e. The number of benzene rings is 1. The Morgan fingerprint density at radius 1 is 0.931 bits per heavy atom. The summed E-state index contributed by atoms with van der Waals surface area (Å²) in [4.78, 5) is 19.1. The summed E-state index contributed by atoms with van der Waals surface area (Å²) in [5.74, 6) is 0.170. The van der Waals surface area contributed by atoms with E-state index in [9.17, 15) is 4.79 Å². The van der Waals surface area contributed by atoms with Gasteiger partial charge in [-0.05, 0) is 67.0 Å². The molecule has 2 aromatic rings. The first kappa shape index (κ1) is 19.1. The van der Waals surface area contributed by atoms with Crippen molar-refractivity contribution < 1.29 is 4.79 Å².